The predicted octanol–water partition coefficient (Wildman–Crippen LogP) is 1.05. The van der Waals surface area contributed by atoms with E-state index < -0.39 is 35.1 Å². The first-order valence-corrected chi connectivity index (χ1v) is 6.71. The molecule has 3 unspecified atom stereocenters. The van der Waals surface area contributed by atoms with Crippen molar-refractivity contribution in [3.05, 3.63) is 11.8 Å². The van der Waals surface area contributed by atoms with Gasteiger partial charge in [0.25, 0.3) is 0 Å². The van der Waals surface area contributed by atoms with Crippen molar-refractivity contribution in [2.75, 3.05) is 6.61 Å². The average molecular weight is 351 g/mol. The molecule has 0 radical (unpaired) electrons. The number of hydrogen-bond donors (Lipinski definition) is 0. The molecule has 0 aromatic rings. The minimum Gasteiger partial charge on any atom is -0.463 e. The van der Waals surface area contributed by atoms with Gasteiger partial charge in [-0.3, -0.25) is 14.4 Å². The lowest BCUT2D eigenvalue weighted by atomic mass is 10.1. The summed E-state index contributed by atoms with van der Waals surface area (Å²) < 4.78 is 20.4. The van der Waals surface area contributed by atoms with Crippen LogP contribution >= 0.6 is 15.9 Å². The van der Waals surface area contributed by atoms with Gasteiger partial charge in [0.1, 0.15) is 17.7 Å². The van der Waals surface area contributed by atoms with Crippen LogP contribution in [0, 0.1) is 0 Å². The molecule has 112 valence electrons. The van der Waals surface area contributed by atoms with Gasteiger partial charge in [-0.25, -0.2) is 0 Å². The SMILES string of the molecule is CC(=O)OCC1OC(Br)C=C(OC(C)=O)C1OC(C)=O. The highest BCUT2D eigenvalue weighted by atomic mass is 79.9. The van der Waals surface area contributed by atoms with Gasteiger partial charge in [0.05, 0.1) is 0 Å². The van der Waals surface area contributed by atoms with E-state index in [-0.39, 0.29) is 12.4 Å². The maximum atomic E-state index is 11.1. The molecular formula is C12H15BrO7. The Labute approximate surface area is 124 Å². The second-order valence-electron chi connectivity index (χ2n) is 4.02. The first kappa shape index (κ1) is 16.6. The summed E-state index contributed by atoms with van der Waals surface area (Å²) in [4.78, 5) is 33.1. The van der Waals surface area contributed by atoms with Crippen LogP contribution in [0.3, 0.4) is 0 Å². The molecule has 0 saturated heterocycles. The molecule has 3 atom stereocenters. The van der Waals surface area contributed by atoms with E-state index in [0.717, 1.165) is 0 Å². The number of alkyl halides is 1. The van der Waals surface area contributed by atoms with Crippen LogP contribution in [0.25, 0.3) is 0 Å². The zero-order chi connectivity index (χ0) is 15.3. The second kappa shape index (κ2) is 7.39. The Bertz CT molecular complexity index is 432. The number of halogens is 1. The summed E-state index contributed by atoms with van der Waals surface area (Å²) >= 11 is 3.19. The number of ether oxygens (including phenoxy) is 4. The topological polar surface area (TPSA) is 88.1 Å². The highest BCUT2D eigenvalue weighted by Crippen LogP contribution is 2.27. The molecule has 0 N–H and O–H groups in total. The molecule has 0 bridgehead atoms. The van der Waals surface area contributed by atoms with Gasteiger partial charge in [-0.05, 0) is 6.08 Å². The Hall–Kier alpha value is -1.41. The maximum Gasteiger partial charge on any atom is 0.307 e. The maximum absolute atomic E-state index is 11.1. The highest BCUT2D eigenvalue weighted by molar-refractivity contribution is 9.09. The van der Waals surface area contributed by atoms with E-state index in [2.05, 4.69) is 15.9 Å². The molecule has 8 heteroatoms. The van der Waals surface area contributed by atoms with Gasteiger partial charge in [0, 0.05) is 20.8 Å². The lowest BCUT2D eigenvalue weighted by Crippen LogP contribution is -2.43. The number of esters is 3. The summed E-state index contributed by atoms with van der Waals surface area (Å²) in [6, 6.07) is 0. The molecule has 0 aromatic carbocycles. The van der Waals surface area contributed by atoms with E-state index in [0.29, 0.717) is 0 Å². The molecule has 0 spiro atoms. The van der Waals surface area contributed by atoms with Crippen molar-refractivity contribution in [1.29, 1.82) is 0 Å². The standard InChI is InChI=1S/C12H15BrO7/c1-6(14)17-5-10-12(19-8(3)16)9(18-7(2)15)4-11(13)20-10/h4,10-12H,5H2,1-3H3. The highest BCUT2D eigenvalue weighted by Gasteiger charge is 2.37. The molecule has 0 saturated carbocycles. The third kappa shape index (κ3) is 5.30. The van der Waals surface area contributed by atoms with E-state index in [1.165, 1.54) is 26.8 Å². The fourth-order valence-corrected chi connectivity index (χ4v) is 2.12. The molecule has 1 heterocycles. The molecule has 1 aliphatic rings. The summed E-state index contributed by atoms with van der Waals surface area (Å²) in [5.74, 6) is -1.48. The molecule has 0 amide bonds. The van der Waals surface area contributed by atoms with Gasteiger partial charge in [-0.2, -0.15) is 0 Å². The smallest absolute Gasteiger partial charge is 0.307 e. The van der Waals surface area contributed by atoms with Gasteiger partial charge in [0.15, 0.2) is 11.9 Å². The Balaban J connectivity index is 2.91. The van der Waals surface area contributed by atoms with Crippen LogP contribution < -0.4 is 0 Å². The molecule has 1 rings (SSSR count). The van der Waals surface area contributed by atoms with Crippen LogP contribution in [0.2, 0.25) is 0 Å². The van der Waals surface area contributed by atoms with Crippen molar-refractivity contribution in [3.8, 4) is 0 Å². The number of rotatable bonds is 4. The molecule has 0 aliphatic carbocycles. The monoisotopic (exact) mass is 350 g/mol. The summed E-state index contributed by atoms with van der Waals surface area (Å²) in [6.07, 6.45) is -0.268. The third-order valence-corrected chi connectivity index (χ3v) is 2.70. The van der Waals surface area contributed by atoms with E-state index >= 15 is 0 Å². The average Bonchev–Trinajstić information content (AvgIpc) is 2.28. The molecule has 1 aliphatic heterocycles. The normalized spacial score (nSPS) is 25.4. The molecular weight excluding hydrogens is 336 g/mol. The van der Waals surface area contributed by atoms with Crippen LogP contribution in [-0.2, 0) is 33.3 Å². The minimum absolute atomic E-state index is 0.131. The van der Waals surface area contributed by atoms with Crippen LogP contribution in [0.4, 0.5) is 0 Å². The first-order chi connectivity index (χ1) is 9.29. The van der Waals surface area contributed by atoms with E-state index in [1.807, 2.05) is 0 Å². The van der Waals surface area contributed by atoms with Crippen LogP contribution in [0.1, 0.15) is 20.8 Å². The van der Waals surface area contributed by atoms with E-state index in [4.69, 9.17) is 18.9 Å². The fraction of sp³-hybridized carbons (Fsp3) is 0.583. The zero-order valence-electron chi connectivity index (χ0n) is 11.3. The lowest BCUT2D eigenvalue weighted by molar-refractivity contribution is -0.168. The molecule has 0 fully saturated rings. The van der Waals surface area contributed by atoms with Crippen LogP contribution in [0.5, 0.6) is 0 Å². The fourth-order valence-electron chi connectivity index (χ4n) is 1.58. The molecule has 20 heavy (non-hydrogen) atoms. The summed E-state index contributed by atoms with van der Waals surface area (Å²) in [5, 5.41) is -0.552. The number of carbonyl (C=O) groups excluding carboxylic acids is 3. The summed E-state index contributed by atoms with van der Waals surface area (Å²) in [5.41, 5.74) is 0. The van der Waals surface area contributed by atoms with E-state index in [9.17, 15) is 14.4 Å². The van der Waals surface area contributed by atoms with Crippen molar-refractivity contribution in [2.24, 2.45) is 0 Å². The zero-order valence-corrected chi connectivity index (χ0v) is 12.8. The quantitative estimate of drug-likeness (QED) is 0.425. The predicted molar refractivity (Wildman–Crippen MR) is 69.6 cm³/mol. The Morgan fingerprint density at radius 3 is 2.35 bits per heavy atom. The van der Waals surface area contributed by atoms with Crippen molar-refractivity contribution in [3.63, 3.8) is 0 Å². The second-order valence-corrected chi connectivity index (χ2v) is 4.92. The first-order valence-electron chi connectivity index (χ1n) is 5.80. The molecule has 7 nitrogen and oxygen atoms in total. The lowest BCUT2D eigenvalue weighted by Gasteiger charge is -2.32. The number of carbonyl (C=O) groups is 3. The minimum atomic E-state index is -0.954. The van der Waals surface area contributed by atoms with Crippen molar-refractivity contribution >= 4 is 33.8 Å². The number of hydrogen-bond acceptors (Lipinski definition) is 7. The van der Waals surface area contributed by atoms with Crippen molar-refractivity contribution in [2.45, 2.75) is 38.0 Å². The van der Waals surface area contributed by atoms with Gasteiger partial charge in [-0.1, -0.05) is 15.9 Å². The summed E-state index contributed by atoms with van der Waals surface area (Å²) in [7, 11) is 0. The van der Waals surface area contributed by atoms with Crippen LogP contribution in [0.15, 0.2) is 11.8 Å². The van der Waals surface area contributed by atoms with E-state index in [1.54, 1.807) is 0 Å². The van der Waals surface area contributed by atoms with Crippen molar-refractivity contribution in [1.82, 2.24) is 0 Å². The van der Waals surface area contributed by atoms with Gasteiger partial charge in [0.2, 0.25) is 0 Å². The third-order valence-electron chi connectivity index (χ3n) is 2.22. The Morgan fingerprint density at radius 2 is 1.85 bits per heavy atom. The Kier molecular flexibility index (Phi) is 6.15. The van der Waals surface area contributed by atoms with Gasteiger partial charge in [-0.15, -0.1) is 0 Å². The van der Waals surface area contributed by atoms with Gasteiger partial charge < -0.3 is 18.9 Å². The summed E-state index contributed by atoms with van der Waals surface area (Å²) in [6.45, 7) is 3.56. The Morgan fingerprint density at radius 1 is 1.20 bits per heavy atom. The molecule has 0 aromatic heterocycles. The largest absolute Gasteiger partial charge is 0.463 e. The van der Waals surface area contributed by atoms with Gasteiger partial charge >= 0.3 is 17.9 Å². The van der Waals surface area contributed by atoms with Crippen molar-refractivity contribution < 1.29 is 33.3 Å². The van der Waals surface area contributed by atoms with Crippen LogP contribution in [-0.4, -0.2) is 41.7 Å².